The minimum atomic E-state index is -4.93. The lowest BCUT2D eigenvalue weighted by atomic mass is 10.0. The highest BCUT2D eigenvalue weighted by atomic mass is 31.2. The first-order valence-electron chi connectivity index (χ1n) is 41.8. The van der Waals surface area contributed by atoms with Gasteiger partial charge in [0.15, 0.2) is 6.10 Å². The van der Waals surface area contributed by atoms with Gasteiger partial charge in [0.25, 0.3) is 0 Å². The first-order valence-corrected chi connectivity index (χ1v) is 44.8. The molecule has 0 bridgehead atoms. The van der Waals surface area contributed by atoms with E-state index in [1.54, 1.807) is 0 Å². The highest BCUT2D eigenvalue weighted by Gasteiger charge is 2.29. The smallest absolute Gasteiger partial charge is 0.463 e. The van der Waals surface area contributed by atoms with E-state index in [9.17, 15) is 43.5 Å². The van der Waals surface area contributed by atoms with Crippen LogP contribution in [-0.4, -0.2) is 95.9 Å². The number of carbonyl (C=O) groups excluding carboxylic acids is 3. The van der Waals surface area contributed by atoms with Gasteiger partial charge in [0.1, 0.15) is 25.4 Å². The van der Waals surface area contributed by atoms with Crippen LogP contribution in [0.15, 0.2) is 122 Å². The Labute approximate surface area is 640 Å². The fraction of sp³-hybridized carbons (Fsp3) is 0.736. The quantitative estimate of drug-likeness (QED) is 0.0146. The van der Waals surface area contributed by atoms with Gasteiger partial charge in [-0.05, 0) is 135 Å². The highest BCUT2D eigenvalue weighted by molar-refractivity contribution is 7.47. The fourth-order valence-electron chi connectivity index (χ4n) is 11.3. The Morgan fingerprint density at radius 1 is 0.276 bits per heavy atom. The van der Waals surface area contributed by atoms with Crippen molar-refractivity contribution in [2.24, 2.45) is 0 Å². The largest absolute Gasteiger partial charge is 0.472 e. The third kappa shape index (κ3) is 80.8. The van der Waals surface area contributed by atoms with E-state index in [1.165, 1.54) is 154 Å². The Balaban J connectivity index is 4.45. The van der Waals surface area contributed by atoms with E-state index in [0.29, 0.717) is 19.3 Å². The van der Waals surface area contributed by atoms with Gasteiger partial charge in [-0.25, -0.2) is 9.13 Å². The van der Waals surface area contributed by atoms with Gasteiger partial charge in [-0.3, -0.25) is 32.5 Å². The van der Waals surface area contributed by atoms with E-state index in [-0.39, 0.29) is 19.3 Å². The Hall–Kier alpha value is -4.05. The predicted octanol–water partition coefficient (Wildman–Crippen LogP) is 24.9. The summed E-state index contributed by atoms with van der Waals surface area (Å²) in [5.74, 6) is -1.58. The summed E-state index contributed by atoms with van der Waals surface area (Å²) in [6.45, 7) is 2.54. The molecule has 0 saturated heterocycles. The van der Waals surface area contributed by atoms with Crippen LogP contribution in [0.1, 0.15) is 355 Å². The summed E-state index contributed by atoms with van der Waals surface area (Å²) < 4.78 is 61.2. The molecule has 0 heterocycles. The lowest BCUT2D eigenvalue weighted by molar-refractivity contribution is -0.161. The van der Waals surface area contributed by atoms with Crippen molar-refractivity contribution < 1.29 is 75.8 Å². The summed E-state index contributed by atoms with van der Waals surface area (Å²) in [6.07, 6.45) is 95.4. The van der Waals surface area contributed by atoms with Crippen molar-refractivity contribution in [1.82, 2.24) is 0 Å². The third-order valence-electron chi connectivity index (χ3n) is 17.6. The molecule has 16 nitrogen and oxygen atoms in total. The van der Waals surface area contributed by atoms with Gasteiger partial charge < -0.3 is 34.2 Å². The van der Waals surface area contributed by atoms with Crippen molar-refractivity contribution in [3.63, 3.8) is 0 Å². The zero-order valence-electron chi connectivity index (χ0n) is 66.4. The van der Waals surface area contributed by atoms with Crippen LogP contribution < -0.4 is 0 Å². The molecule has 0 amide bonds. The second-order valence-electron chi connectivity index (χ2n) is 27.9. The Bertz CT molecular complexity index is 2390. The molecule has 4 N–H and O–H groups in total. The molecule has 0 saturated carbocycles. The molecule has 0 spiro atoms. The minimum Gasteiger partial charge on any atom is -0.463 e. The Morgan fingerprint density at radius 2 is 0.505 bits per heavy atom. The maximum absolute atomic E-state index is 13.0. The first-order chi connectivity index (χ1) is 51.2. The molecule has 0 aromatic carbocycles. The molecular weight excluding hydrogens is 1360 g/mol. The molecule has 0 fully saturated rings. The maximum atomic E-state index is 13.0. The monoisotopic (exact) mass is 1520 g/mol. The number of carbonyl (C=O) groups is 3. The predicted molar refractivity (Wildman–Crippen MR) is 436 cm³/mol. The number of aliphatic hydroxyl groups is 2. The van der Waals surface area contributed by atoms with Gasteiger partial charge in [-0.1, -0.05) is 322 Å². The van der Waals surface area contributed by atoms with Crippen molar-refractivity contribution in [3.8, 4) is 0 Å². The molecule has 606 valence electrons. The second-order valence-corrected chi connectivity index (χ2v) is 30.8. The van der Waals surface area contributed by atoms with E-state index in [2.05, 4.69) is 142 Å². The number of esters is 3. The fourth-order valence-corrected chi connectivity index (χ4v) is 12.9. The molecule has 0 rings (SSSR count). The van der Waals surface area contributed by atoms with Crippen LogP contribution in [0.5, 0.6) is 0 Å². The summed E-state index contributed by atoms with van der Waals surface area (Å²) in [7, 11) is -9.79. The topological polar surface area (TPSA) is 231 Å². The van der Waals surface area contributed by atoms with Crippen molar-refractivity contribution in [3.05, 3.63) is 122 Å². The summed E-state index contributed by atoms with van der Waals surface area (Å²) in [5, 5.41) is 20.7. The average Bonchev–Trinajstić information content (AvgIpc) is 0.913. The maximum Gasteiger partial charge on any atom is 0.472 e. The molecule has 0 aromatic rings. The van der Waals surface area contributed by atoms with E-state index in [0.717, 1.165) is 141 Å². The molecule has 0 radical (unpaired) electrons. The molecule has 0 aliphatic rings. The number of aliphatic hydroxyl groups excluding tert-OH is 2. The number of allylic oxidation sites excluding steroid dienone is 20. The second kappa shape index (κ2) is 79.5. The van der Waals surface area contributed by atoms with Crippen molar-refractivity contribution in [2.45, 2.75) is 373 Å². The van der Waals surface area contributed by atoms with Crippen LogP contribution >= 0.6 is 15.6 Å². The molecule has 5 unspecified atom stereocenters. The molecule has 5 atom stereocenters. The zero-order valence-corrected chi connectivity index (χ0v) is 68.2. The first kappa shape index (κ1) is 101. The van der Waals surface area contributed by atoms with Crippen molar-refractivity contribution >= 4 is 33.6 Å². The van der Waals surface area contributed by atoms with Gasteiger partial charge >= 0.3 is 33.6 Å². The zero-order chi connectivity index (χ0) is 76.6. The lowest BCUT2D eigenvalue weighted by Gasteiger charge is -2.21. The number of hydrogen-bond donors (Lipinski definition) is 4. The summed E-state index contributed by atoms with van der Waals surface area (Å²) in [6, 6.07) is 0. The Kier molecular flexibility index (Phi) is 76.4. The molecule has 105 heavy (non-hydrogen) atoms. The van der Waals surface area contributed by atoms with Crippen LogP contribution in [0.25, 0.3) is 0 Å². The van der Waals surface area contributed by atoms with E-state index < -0.39 is 91.5 Å². The van der Waals surface area contributed by atoms with E-state index in [1.807, 2.05) is 0 Å². The van der Waals surface area contributed by atoms with Gasteiger partial charge in [0, 0.05) is 19.3 Å². The van der Waals surface area contributed by atoms with Crippen LogP contribution in [0, 0.1) is 0 Å². The number of rotatable bonds is 79. The average molecular weight is 1520 g/mol. The number of phosphoric acid groups is 2. The van der Waals surface area contributed by atoms with Gasteiger partial charge in [0.05, 0.1) is 26.4 Å². The summed E-state index contributed by atoms with van der Waals surface area (Å²) in [4.78, 5) is 58.7. The normalized spacial score (nSPS) is 14.5. The third-order valence-corrected chi connectivity index (χ3v) is 19.5. The number of ether oxygens (including phenoxy) is 3. The van der Waals surface area contributed by atoms with Gasteiger partial charge in [0.2, 0.25) is 0 Å². The summed E-state index contributed by atoms with van der Waals surface area (Å²) in [5.41, 5.74) is 0. The van der Waals surface area contributed by atoms with Crippen molar-refractivity contribution in [2.75, 3.05) is 39.6 Å². The van der Waals surface area contributed by atoms with Crippen LogP contribution in [0.2, 0.25) is 0 Å². The molecular formula is C87H152O16P2. The van der Waals surface area contributed by atoms with E-state index >= 15 is 0 Å². The van der Waals surface area contributed by atoms with Crippen molar-refractivity contribution in [1.29, 1.82) is 0 Å². The number of hydrogen-bond acceptors (Lipinski definition) is 14. The van der Waals surface area contributed by atoms with E-state index in [4.69, 9.17) is 32.3 Å². The molecule has 0 aromatic heterocycles. The lowest BCUT2D eigenvalue weighted by Crippen LogP contribution is -2.30. The standard InChI is InChI=1S/C87H152O16P2/c1-4-7-10-13-16-19-22-25-27-29-31-33-35-37-38-39-40-41-42-44-46-47-49-51-53-56-58-61-64-67-70-73-85(90)97-76-82(88)77-99-104(93,94)100-78-83(89)79-101-105(95,96)102-81-84(103-87(92)75-72-69-66-63-60-55-24-21-18-15-12-9-6-3)80-98-86(91)74-71-68-65-62-59-57-54-52-50-48-45-43-36-34-32-30-28-26-23-20-17-14-11-8-5-2/h7,10,16-17,19-21,24-28,31-34,37-38,43,45,82-84,88-89H,4-6,8-9,11-15,18,22-23,29-30,35-36,39-42,44,46-81H2,1-3H3,(H,93,94)(H,95,96)/b10-7-,19-16-,20-17-,24-21-,27-25-,28-26-,33-31-,34-32-,38-37-,45-43-. The van der Waals surface area contributed by atoms with Gasteiger partial charge in [-0.15, -0.1) is 0 Å². The molecule has 0 aliphatic heterocycles. The Morgan fingerprint density at radius 3 is 0.829 bits per heavy atom. The highest BCUT2D eigenvalue weighted by Crippen LogP contribution is 2.45. The summed E-state index contributed by atoms with van der Waals surface area (Å²) >= 11 is 0. The SMILES string of the molecule is CC/C=C\C/C=C\C/C=C\C/C=C\C/C=C\CCCCCCCCCCCCCCCCCC(=O)OCC(O)COP(=O)(O)OCC(O)COP(=O)(O)OCC(COC(=O)CCCCCCCCCCC/C=C\C/C=C\C/C=C\C/C=C\CCCCC)OC(=O)CCCCCCC/C=C\CCCCCC. The van der Waals surface area contributed by atoms with Crippen LogP contribution in [0.4, 0.5) is 0 Å². The van der Waals surface area contributed by atoms with Crippen LogP contribution in [0.3, 0.4) is 0 Å². The van der Waals surface area contributed by atoms with Gasteiger partial charge in [-0.2, -0.15) is 0 Å². The minimum absolute atomic E-state index is 0.0929. The van der Waals surface area contributed by atoms with Crippen LogP contribution in [-0.2, 0) is 55.8 Å². The number of phosphoric ester groups is 2. The number of unbranched alkanes of at least 4 members (excludes halogenated alkanes) is 36. The molecule has 0 aliphatic carbocycles. The molecule has 18 heteroatoms.